The van der Waals surface area contributed by atoms with E-state index in [1.165, 1.54) is 19.1 Å². The van der Waals surface area contributed by atoms with Crippen molar-refractivity contribution in [3.8, 4) is 11.5 Å². The Morgan fingerprint density at radius 2 is 1.71 bits per heavy atom. The molecule has 0 saturated heterocycles. The van der Waals surface area contributed by atoms with Crippen LogP contribution in [-0.4, -0.2) is 54.4 Å². The van der Waals surface area contributed by atoms with Crippen molar-refractivity contribution < 1.29 is 19.4 Å². The predicted molar refractivity (Wildman–Crippen MR) is 118 cm³/mol. The first-order valence-electron chi connectivity index (χ1n) is 9.63. The van der Waals surface area contributed by atoms with Crippen LogP contribution in [0.4, 0.5) is 10.7 Å². The van der Waals surface area contributed by atoms with Gasteiger partial charge >= 0.3 is 6.09 Å². The van der Waals surface area contributed by atoms with Gasteiger partial charge in [-0.1, -0.05) is 24.3 Å². The Kier molecular flexibility index (Phi) is 6.33. The number of aromatic nitrogens is 2. The van der Waals surface area contributed by atoms with Gasteiger partial charge in [-0.2, -0.15) is 0 Å². The third-order valence-electron chi connectivity index (χ3n) is 5.12. The lowest BCUT2D eigenvalue weighted by Crippen LogP contribution is -2.24. The van der Waals surface area contributed by atoms with Crippen LogP contribution in [0.5, 0.6) is 11.5 Å². The van der Waals surface area contributed by atoms with Gasteiger partial charge in [-0.25, -0.2) is 9.78 Å². The number of carboxylic acid groups (broad SMARTS) is 1. The Balaban J connectivity index is 1.86. The van der Waals surface area contributed by atoms with Gasteiger partial charge in [-0.3, -0.25) is 9.78 Å². The lowest BCUT2D eigenvalue weighted by Gasteiger charge is -2.19. The van der Waals surface area contributed by atoms with Crippen LogP contribution in [0.3, 0.4) is 0 Å². The van der Waals surface area contributed by atoms with Crippen molar-refractivity contribution >= 4 is 22.9 Å². The van der Waals surface area contributed by atoms with Crippen molar-refractivity contribution in [1.29, 1.82) is 0 Å². The fourth-order valence-corrected chi connectivity index (χ4v) is 3.46. The number of rotatable bonds is 7. The molecule has 3 rings (SSSR count). The number of hydrogen-bond donors (Lipinski definition) is 2. The number of hydrogen-bond acceptors (Lipinski definition) is 6. The van der Waals surface area contributed by atoms with Crippen molar-refractivity contribution in [3.63, 3.8) is 0 Å². The molecule has 0 radical (unpaired) electrons. The molecule has 1 aromatic heterocycles. The summed E-state index contributed by atoms with van der Waals surface area (Å²) in [6.45, 7) is 2.62. The molecular weight excluding hydrogens is 400 g/mol. The molecule has 0 aliphatic rings. The number of fused-ring (bicyclic) bond motifs is 1. The topological polar surface area (TPSA) is 108 Å². The van der Waals surface area contributed by atoms with Crippen LogP contribution in [0, 0.1) is 6.92 Å². The summed E-state index contributed by atoms with van der Waals surface area (Å²) in [6, 6.07) is 9.33. The molecule has 0 bridgehead atoms. The molecule has 3 aromatic rings. The lowest BCUT2D eigenvalue weighted by atomic mass is 10.1. The molecule has 9 nitrogen and oxygen atoms in total. The number of anilines is 1. The molecule has 2 N–H and O–H groups in total. The first-order chi connectivity index (χ1) is 14.7. The van der Waals surface area contributed by atoms with Crippen LogP contribution in [0.2, 0.25) is 0 Å². The minimum atomic E-state index is -0.973. The summed E-state index contributed by atoms with van der Waals surface area (Å²) in [7, 11) is 6.44. The van der Waals surface area contributed by atoms with E-state index in [2.05, 4.69) is 9.97 Å². The van der Waals surface area contributed by atoms with Gasteiger partial charge in [-0.05, 0) is 18.1 Å². The van der Waals surface area contributed by atoms with Gasteiger partial charge in [0.2, 0.25) is 5.95 Å². The monoisotopic (exact) mass is 426 g/mol. The van der Waals surface area contributed by atoms with Crippen molar-refractivity contribution in [3.05, 3.63) is 57.4 Å². The van der Waals surface area contributed by atoms with Gasteiger partial charge in [0.1, 0.15) is 0 Å². The zero-order valence-electron chi connectivity index (χ0n) is 18.2. The van der Waals surface area contributed by atoms with Gasteiger partial charge in [0.25, 0.3) is 5.56 Å². The Morgan fingerprint density at radius 3 is 2.26 bits per heavy atom. The highest BCUT2D eigenvalue weighted by Gasteiger charge is 2.17. The lowest BCUT2D eigenvalue weighted by molar-refractivity contribution is 0.154. The SMILES string of the molecule is COc1cc2nc(N(C)Cc3ccc(CN(C)C(=O)O)cc3)[nH]c(=O)c2c(C)c1OC. The van der Waals surface area contributed by atoms with Gasteiger partial charge in [-0.15, -0.1) is 0 Å². The average Bonchev–Trinajstić information content (AvgIpc) is 2.74. The largest absolute Gasteiger partial charge is 0.493 e. The summed E-state index contributed by atoms with van der Waals surface area (Å²) in [5.41, 5.74) is 2.83. The van der Waals surface area contributed by atoms with E-state index in [4.69, 9.17) is 14.6 Å². The maximum atomic E-state index is 12.8. The number of H-pyrrole nitrogens is 1. The van der Waals surface area contributed by atoms with E-state index in [1.54, 1.807) is 20.1 Å². The fraction of sp³-hybridized carbons (Fsp3) is 0.318. The smallest absolute Gasteiger partial charge is 0.407 e. The third kappa shape index (κ3) is 4.55. The number of nitrogens with zero attached hydrogens (tertiary/aromatic N) is 3. The number of methoxy groups -OCH3 is 2. The van der Waals surface area contributed by atoms with Crippen LogP contribution in [0.25, 0.3) is 10.9 Å². The van der Waals surface area contributed by atoms with Crippen molar-refractivity contribution in [2.75, 3.05) is 33.2 Å². The number of aromatic amines is 1. The van der Waals surface area contributed by atoms with Gasteiger partial charge in [0.05, 0.1) is 25.1 Å². The maximum absolute atomic E-state index is 12.8. The summed E-state index contributed by atoms with van der Waals surface area (Å²) in [4.78, 5) is 34.2. The molecule has 0 fully saturated rings. The third-order valence-corrected chi connectivity index (χ3v) is 5.12. The molecule has 0 aliphatic heterocycles. The standard InChI is InChI=1S/C22H26N4O5/c1-13-18-16(10-17(30-4)19(13)31-5)23-21(24-20(18)27)25(2)11-14-6-8-15(9-7-14)12-26(3)22(28)29/h6-10H,11-12H2,1-5H3,(H,28,29)(H,23,24,27). The minimum Gasteiger partial charge on any atom is -0.493 e. The van der Waals surface area contributed by atoms with E-state index >= 15 is 0 Å². The second-order valence-corrected chi connectivity index (χ2v) is 7.33. The van der Waals surface area contributed by atoms with Gasteiger partial charge in [0, 0.05) is 38.8 Å². The molecule has 2 aromatic carbocycles. The number of amides is 1. The molecular formula is C22H26N4O5. The maximum Gasteiger partial charge on any atom is 0.407 e. The number of aryl methyl sites for hydroxylation is 1. The zero-order valence-corrected chi connectivity index (χ0v) is 18.2. The van der Waals surface area contributed by atoms with E-state index in [1.807, 2.05) is 36.2 Å². The molecule has 0 spiro atoms. The molecule has 0 saturated carbocycles. The first-order valence-corrected chi connectivity index (χ1v) is 9.63. The number of carbonyl (C=O) groups is 1. The number of nitrogens with one attached hydrogen (secondary N) is 1. The zero-order chi connectivity index (χ0) is 22.7. The van der Waals surface area contributed by atoms with E-state index in [0.29, 0.717) is 47.0 Å². The van der Waals surface area contributed by atoms with Crippen LogP contribution in [0.1, 0.15) is 16.7 Å². The highest BCUT2D eigenvalue weighted by atomic mass is 16.5. The van der Waals surface area contributed by atoms with Gasteiger partial charge < -0.3 is 24.4 Å². The van der Waals surface area contributed by atoms with Crippen molar-refractivity contribution in [2.45, 2.75) is 20.0 Å². The van der Waals surface area contributed by atoms with Gasteiger partial charge in [0.15, 0.2) is 11.5 Å². The van der Waals surface area contributed by atoms with E-state index in [-0.39, 0.29) is 5.56 Å². The van der Waals surface area contributed by atoms with E-state index in [9.17, 15) is 9.59 Å². The highest BCUT2D eigenvalue weighted by Crippen LogP contribution is 2.35. The molecule has 0 atom stereocenters. The van der Waals surface area contributed by atoms with Crippen LogP contribution in [-0.2, 0) is 13.1 Å². The average molecular weight is 426 g/mol. The fourth-order valence-electron chi connectivity index (χ4n) is 3.46. The molecule has 164 valence electrons. The molecule has 0 aliphatic carbocycles. The molecule has 9 heteroatoms. The predicted octanol–water partition coefficient (Wildman–Crippen LogP) is 2.99. The summed E-state index contributed by atoms with van der Waals surface area (Å²) in [5, 5.41) is 9.45. The van der Waals surface area contributed by atoms with E-state index in [0.717, 1.165) is 11.1 Å². The van der Waals surface area contributed by atoms with E-state index < -0.39 is 6.09 Å². The molecule has 1 heterocycles. The van der Waals surface area contributed by atoms with Crippen molar-refractivity contribution in [1.82, 2.24) is 14.9 Å². The molecule has 0 unspecified atom stereocenters. The normalized spacial score (nSPS) is 10.7. The quantitative estimate of drug-likeness (QED) is 0.598. The number of ether oxygens (including phenoxy) is 2. The Morgan fingerprint density at radius 1 is 1.10 bits per heavy atom. The van der Waals surface area contributed by atoms with Crippen molar-refractivity contribution in [2.24, 2.45) is 0 Å². The summed E-state index contributed by atoms with van der Waals surface area (Å²) < 4.78 is 10.8. The van der Waals surface area contributed by atoms with Crippen LogP contribution < -0.4 is 19.9 Å². The van der Waals surface area contributed by atoms with Crippen LogP contribution in [0.15, 0.2) is 35.1 Å². The van der Waals surface area contributed by atoms with Crippen LogP contribution >= 0.6 is 0 Å². The highest BCUT2D eigenvalue weighted by molar-refractivity contribution is 5.86. The Bertz CT molecular complexity index is 1160. The summed E-state index contributed by atoms with van der Waals surface area (Å²) >= 11 is 0. The molecule has 1 amide bonds. The summed E-state index contributed by atoms with van der Waals surface area (Å²) in [6.07, 6.45) is -0.973. The Hall–Kier alpha value is -3.75. The first kappa shape index (κ1) is 21.9. The minimum absolute atomic E-state index is 0.252. The number of benzene rings is 2. The Labute approximate surface area is 179 Å². The summed E-state index contributed by atoms with van der Waals surface area (Å²) in [5.74, 6) is 1.46. The second kappa shape index (κ2) is 8.95. The molecule has 31 heavy (non-hydrogen) atoms. The second-order valence-electron chi connectivity index (χ2n) is 7.33.